The number of hydrogen-bond donors (Lipinski definition) is 1. The minimum atomic E-state index is 0.515. The van der Waals surface area contributed by atoms with Crippen molar-refractivity contribution >= 4 is 11.8 Å². The zero-order valence-corrected chi connectivity index (χ0v) is 9.74. The standard InChI is InChI=1S/C11H12N4S/c1-8-5-9(6-12)7-15-10(8)16-11-13-3-2-4-14-11/h2-5,7H,6,12H2,1H3. The number of nitrogens with two attached hydrogens (primary N) is 1. The van der Waals surface area contributed by atoms with Crippen molar-refractivity contribution in [3.8, 4) is 0 Å². The summed E-state index contributed by atoms with van der Waals surface area (Å²) >= 11 is 1.46. The summed E-state index contributed by atoms with van der Waals surface area (Å²) in [5, 5.41) is 1.63. The SMILES string of the molecule is Cc1cc(CN)cnc1Sc1ncccn1. The van der Waals surface area contributed by atoms with E-state index in [1.165, 1.54) is 11.8 Å². The van der Waals surface area contributed by atoms with Crippen LogP contribution in [0.5, 0.6) is 0 Å². The van der Waals surface area contributed by atoms with Gasteiger partial charge in [-0.05, 0) is 35.9 Å². The topological polar surface area (TPSA) is 64.7 Å². The number of nitrogens with zero attached hydrogens (tertiary/aromatic N) is 3. The Balaban J connectivity index is 2.22. The molecule has 16 heavy (non-hydrogen) atoms. The minimum absolute atomic E-state index is 0.515. The molecule has 0 aliphatic carbocycles. The molecule has 2 aromatic rings. The normalized spacial score (nSPS) is 10.4. The van der Waals surface area contributed by atoms with Crippen molar-refractivity contribution in [2.45, 2.75) is 23.7 Å². The van der Waals surface area contributed by atoms with Crippen LogP contribution in [0, 0.1) is 6.92 Å². The Morgan fingerprint density at radius 3 is 2.62 bits per heavy atom. The van der Waals surface area contributed by atoms with Crippen molar-refractivity contribution < 1.29 is 0 Å². The maximum absolute atomic E-state index is 5.55. The molecule has 0 bridgehead atoms. The van der Waals surface area contributed by atoms with Gasteiger partial charge in [-0.25, -0.2) is 15.0 Å². The average molecular weight is 232 g/mol. The van der Waals surface area contributed by atoms with E-state index in [9.17, 15) is 0 Å². The highest BCUT2D eigenvalue weighted by molar-refractivity contribution is 7.99. The van der Waals surface area contributed by atoms with E-state index in [1.54, 1.807) is 24.7 Å². The summed E-state index contributed by atoms with van der Waals surface area (Å²) in [6.07, 6.45) is 5.23. The molecule has 0 amide bonds. The fourth-order valence-corrected chi connectivity index (χ4v) is 1.99. The molecule has 0 aliphatic heterocycles. The van der Waals surface area contributed by atoms with Crippen molar-refractivity contribution in [2.75, 3.05) is 0 Å². The lowest BCUT2D eigenvalue weighted by Gasteiger charge is -2.04. The van der Waals surface area contributed by atoms with E-state index in [4.69, 9.17) is 5.73 Å². The molecule has 82 valence electrons. The van der Waals surface area contributed by atoms with Gasteiger partial charge in [-0.2, -0.15) is 0 Å². The molecular weight excluding hydrogens is 220 g/mol. The lowest BCUT2D eigenvalue weighted by atomic mass is 10.2. The molecule has 0 saturated carbocycles. The third-order valence-electron chi connectivity index (χ3n) is 2.05. The summed E-state index contributed by atoms with van der Waals surface area (Å²) < 4.78 is 0. The first-order valence-corrected chi connectivity index (χ1v) is 5.71. The van der Waals surface area contributed by atoms with Crippen LogP contribution < -0.4 is 5.73 Å². The summed E-state index contributed by atoms with van der Waals surface area (Å²) in [4.78, 5) is 12.6. The molecule has 0 saturated heterocycles. The average Bonchev–Trinajstić information content (AvgIpc) is 2.33. The number of aryl methyl sites for hydroxylation is 1. The number of aromatic nitrogens is 3. The Kier molecular flexibility index (Phi) is 3.48. The van der Waals surface area contributed by atoms with Gasteiger partial charge in [0.15, 0.2) is 5.16 Å². The van der Waals surface area contributed by atoms with Gasteiger partial charge in [-0.3, -0.25) is 0 Å². The molecule has 2 heterocycles. The quantitative estimate of drug-likeness (QED) is 0.817. The molecule has 0 aliphatic rings. The van der Waals surface area contributed by atoms with Crippen molar-refractivity contribution in [2.24, 2.45) is 5.73 Å². The van der Waals surface area contributed by atoms with Gasteiger partial charge >= 0.3 is 0 Å². The van der Waals surface area contributed by atoms with E-state index in [-0.39, 0.29) is 0 Å². The maximum Gasteiger partial charge on any atom is 0.193 e. The van der Waals surface area contributed by atoms with Crippen molar-refractivity contribution in [3.63, 3.8) is 0 Å². The Bertz CT molecular complexity index is 473. The smallest absolute Gasteiger partial charge is 0.193 e. The first kappa shape index (κ1) is 11.0. The number of rotatable bonds is 3. The van der Waals surface area contributed by atoms with Crippen molar-refractivity contribution in [1.82, 2.24) is 15.0 Å². The largest absolute Gasteiger partial charge is 0.326 e. The molecule has 0 aromatic carbocycles. The second-order valence-electron chi connectivity index (χ2n) is 3.30. The van der Waals surface area contributed by atoms with Crippen LogP contribution in [0.4, 0.5) is 0 Å². The Morgan fingerprint density at radius 1 is 1.25 bits per heavy atom. The van der Waals surface area contributed by atoms with Crippen LogP contribution in [0.25, 0.3) is 0 Å². The zero-order chi connectivity index (χ0) is 11.4. The Hall–Kier alpha value is -1.46. The van der Waals surface area contributed by atoms with Crippen LogP contribution in [0.15, 0.2) is 40.9 Å². The maximum atomic E-state index is 5.55. The Labute approximate surface area is 98.3 Å². The van der Waals surface area contributed by atoms with Gasteiger partial charge in [0.2, 0.25) is 0 Å². The van der Waals surface area contributed by atoms with E-state index in [0.29, 0.717) is 11.7 Å². The van der Waals surface area contributed by atoms with Crippen LogP contribution in [0.1, 0.15) is 11.1 Å². The number of hydrogen-bond acceptors (Lipinski definition) is 5. The van der Waals surface area contributed by atoms with Gasteiger partial charge in [-0.1, -0.05) is 6.07 Å². The summed E-state index contributed by atoms with van der Waals surface area (Å²) in [5.74, 6) is 0. The molecule has 0 spiro atoms. The van der Waals surface area contributed by atoms with Crippen LogP contribution in [-0.4, -0.2) is 15.0 Å². The predicted octanol–water partition coefficient (Wildman–Crippen LogP) is 1.79. The molecule has 0 radical (unpaired) electrons. The lowest BCUT2D eigenvalue weighted by molar-refractivity contribution is 0.947. The highest BCUT2D eigenvalue weighted by Crippen LogP contribution is 2.25. The third-order valence-corrected chi connectivity index (χ3v) is 3.07. The molecule has 0 fully saturated rings. The molecular formula is C11H12N4S. The fourth-order valence-electron chi connectivity index (χ4n) is 1.26. The fraction of sp³-hybridized carbons (Fsp3) is 0.182. The molecule has 2 rings (SSSR count). The van der Waals surface area contributed by atoms with Crippen LogP contribution in [-0.2, 0) is 6.54 Å². The van der Waals surface area contributed by atoms with E-state index in [0.717, 1.165) is 16.2 Å². The molecule has 2 N–H and O–H groups in total. The molecule has 4 nitrogen and oxygen atoms in total. The van der Waals surface area contributed by atoms with Crippen LogP contribution >= 0.6 is 11.8 Å². The van der Waals surface area contributed by atoms with Crippen molar-refractivity contribution in [3.05, 3.63) is 41.9 Å². The van der Waals surface area contributed by atoms with Crippen LogP contribution in [0.3, 0.4) is 0 Å². The predicted molar refractivity (Wildman–Crippen MR) is 63.0 cm³/mol. The first-order chi connectivity index (χ1) is 7.79. The molecule has 0 unspecified atom stereocenters. The lowest BCUT2D eigenvalue weighted by Crippen LogP contribution is -1.98. The van der Waals surface area contributed by atoms with E-state index < -0.39 is 0 Å². The first-order valence-electron chi connectivity index (χ1n) is 4.90. The Morgan fingerprint density at radius 2 is 2.00 bits per heavy atom. The van der Waals surface area contributed by atoms with Gasteiger partial charge in [0.05, 0.1) is 0 Å². The zero-order valence-electron chi connectivity index (χ0n) is 8.92. The van der Waals surface area contributed by atoms with Gasteiger partial charge in [0, 0.05) is 25.1 Å². The van der Waals surface area contributed by atoms with Gasteiger partial charge in [0.25, 0.3) is 0 Å². The monoisotopic (exact) mass is 232 g/mol. The summed E-state index contributed by atoms with van der Waals surface area (Å²) in [6.45, 7) is 2.53. The van der Waals surface area contributed by atoms with Gasteiger partial charge in [-0.15, -0.1) is 0 Å². The molecule has 5 heteroatoms. The summed E-state index contributed by atoms with van der Waals surface area (Å²) in [5.41, 5.74) is 7.69. The second kappa shape index (κ2) is 5.05. The van der Waals surface area contributed by atoms with Crippen LogP contribution in [0.2, 0.25) is 0 Å². The van der Waals surface area contributed by atoms with E-state index in [2.05, 4.69) is 15.0 Å². The highest BCUT2D eigenvalue weighted by atomic mass is 32.2. The van der Waals surface area contributed by atoms with Gasteiger partial charge < -0.3 is 5.73 Å². The molecule has 0 atom stereocenters. The number of pyridine rings is 1. The molecule has 2 aromatic heterocycles. The summed E-state index contributed by atoms with van der Waals surface area (Å²) in [6, 6.07) is 3.83. The highest BCUT2D eigenvalue weighted by Gasteiger charge is 2.05. The summed E-state index contributed by atoms with van der Waals surface area (Å²) in [7, 11) is 0. The third kappa shape index (κ3) is 2.56. The van der Waals surface area contributed by atoms with E-state index in [1.807, 2.05) is 13.0 Å². The van der Waals surface area contributed by atoms with E-state index >= 15 is 0 Å². The van der Waals surface area contributed by atoms with Gasteiger partial charge in [0.1, 0.15) is 5.03 Å². The minimum Gasteiger partial charge on any atom is -0.326 e. The second-order valence-corrected chi connectivity index (χ2v) is 4.26. The van der Waals surface area contributed by atoms with Crippen molar-refractivity contribution in [1.29, 1.82) is 0 Å².